The van der Waals surface area contributed by atoms with Crippen LogP contribution in [0, 0.1) is 0 Å². The van der Waals surface area contributed by atoms with Crippen LogP contribution >= 0.6 is 46.6 Å². The monoisotopic (exact) mass is 582 g/mol. The van der Waals surface area contributed by atoms with E-state index in [1.165, 1.54) is 0 Å². The first-order valence-corrected chi connectivity index (χ1v) is 12.8. The van der Waals surface area contributed by atoms with Crippen LogP contribution in [0.1, 0.15) is 17.2 Å². The first-order chi connectivity index (χ1) is 17.6. The van der Waals surface area contributed by atoms with E-state index in [0.717, 1.165) is 16.7 Å². The predicted octanol–water partition coefficient (Wildman–Crippen LogP) is 3.68. The Morgan fingerprint density at radius 1 is 1.00 bits per heavy atom. The van der Waals surface area contributed by atoms with E-state index in [2.05, 4.69) is 0 Å². The minimum Gasteiger partial charge on any atom is -0.448 e. The molecule has 2 aromatic carbocycles. The van der Waals surface area contributed by atoms with Gasteiger partial charge in [0.05, 0.1) is 0 Å². The molecule has 0 aliphatic carbocycles. The number of Topliss-reactive ketones (excluding diaryl/α,β-unsaturated/α-hetero) is 1. The summed E-state index contributed by atoms with van der Waals surface area (Å²) in [6, 6.07) is 17.9. The summed E-state index contributed by atoms with van der Waals surface area (Å²) in [7, 11) is 0. The van der Waals surface area contributed by atoms with Gasteiger partial charge in [-0.1, -0.05) is 95.5 Å². The van der Waals surface area contributed by atoms with Gasteiger partial charge in [0.2, 0.25) is 0 Å². The fourth-order valence-corrected chi connectivity index (χ4v) is 4.94. The number of hydrogen-bond acceptors (Lipinski definition) is 8. The fourth-order valence-electron chi connectivity index (χ4n) is 3.62. The molecule has 9 nitrogen and oxygen atoms in total. The van der Waals surface area contributed by atoms with Crippen LogP contribution < -0.4 is 5.32 Å². The zero-order chi connectivity index (χ0) is 26.7. The van der Waals surface area contributed by atoms with Crippen molar-refractivity contribution in [1.82, 2.24) is 10.2 Å². The number of amides is 3. The Hall–Kier alpha value is -3.05. The van der Waals surface area contributed by atoms with Gasteiger partial charge < -0.3 is 9.47 Å². The van der Waals surface area contributed by atoms with E-state index < -0.39 is 51.5 Å². The van der Waals surface area contributed by atoms with Gasteiger partial charge in [0, 0.05) is 11.3 Å². The number of fused-ring (bicyclic) bond motifs is 1. The molecule has 37 heavy (non-hydrogen) atoms. The van der Waals surface area contributed by atoms with E-state index >= 15 is 0 Å². The van der Waals surface area contributed by atoms with Crippen LogP contribution in [0.5, 0.6) is 0 Å². The van der Waals surface area contributed by atoms with Crippen LogP contribution in [0.3, 0.4) is 0 Å². The van der Waals surface area contributed by atoms with Crippen molar-refractivity contribution in [3.8, 4) is 0 Å². The average Bonchev–Trinajstić information content (AvgIpc) is 2.89. The molecule has 192 valence electrons. The number of hydrogen-bond donors (Lipinski definition) is 1. The number of alkyl carbamates (subject to hydrolysis) is 1. The van der Waals surface area contributed by atoms with Gasteiger partial charge in [0.15, 0.2) is 11.5 Å². The van der Waals surface area contributed by atoms with Crippen molar-refractivity contribution in [1.29, 1.82) is 0 Å². The molecule has 13 heteroatoms. The highest BCUT2D eigenvalue weighted by Crippen LogP contribution is 2.39. The molecule has 3 amide bonds. The van der Waals surface area contributed by atoms with Gasteiger partial charge in [-0.15, -0.1) is 11.8 Å². The number of alkyl halides is 3. The Labute approximate surface area is 230 Å². The van der Waals surface area contributed by atoms with Gasteiger partial charge in [-0.05, 0) is 11.1 Å². The Bertz CT molecular complexity index is 1240. The first-order valence-electron chi connectivity index (χ1n) is 10.6. The molecule has 2 aliphatic rings. The molecular formula is C24H17Cl3N2O7S. The Morgan fingerprint density at radius 3 is 2.11 bits per heavy atom. The van der Waals surface area contributed by atoms with E-state index in [1.807, 2.05) is 12.1 Å². The van der Waals surface area contributed by atoms with Gasteiger partial charge in [-0.25, -0.2) is 9.59 Å². The van der Waals surface area contributed by atoms with Gasteiger partial charge in [-0.3, -0.25) is 24.6 Å². The third-order valence-electron chi connectivity index (χ3n) is 5.35. The van der Waals surface area contributed by atoms with E-state index in [4.69, 9.17) is 44.3 Å². The summed E-state index contributed by atoms with van der Waals surface area (Å²) in [5.41, 5.74) is 1.35. The maximum absolute atomic E-state index is 13.5. The largest absolute Gasteiger partial charge is 0.448 e. The maximum Gasteiger partial charge on any atom is 0.414 e. The summed E-state index contributed by atoms with van der Waals surface area (Å²) in [4.78, 5) is 62.7. The number of carbonyl (C=O) groups is 5. The number of esters is 1. The summed E-state index contributed by atoms with van der Waals surface area (Å²) >= 11 is 17.4. The minimum atomic E-state index is -2.39. The molecule has 0 saturated carbocycles. The van der Waals surface area contributed by atoms with Crippen LogP contribution in [0.2, 0.25) is 0 Å². The summed E-state index contributed by atoms with van der Waals surface area (Å²) in [5, 5.41) is 0.869. The molecule has 1 saturated heterocycles. The third-order valence-corrected chi connectivity index (χ3v) is 7.12. The molecule has 0 bridgehead atoms. The molecule has 4 rings (SSSR count). The highest BCUT2D eigenvalue weighted by molar-refractivity contribution is 8.01. The predicted molar refractivity (Wildman–Crippen MR) is 136 cm³/mol. The molecule has 2 aliphatic heterocycles. The van der Waals surface area contributed by atoms with E-state index in [1.54, 1.807) is 53.8 Å². The third kappa shape index (κ3) is 5.93. The Balaban J connectivity index is 1.61. The van der Waals surface area contributed by atoms with Gasteiger partial charge in [0.25, 0.3) is 21.4 Å². The standard InChI is InChI=1S/C24H17Cl3N2O7S/c25-24(26,27)22(33)28-23(34)35-11-15-12-37-20-17(30)19(31)29(20)16(15)21(32)36-18(13-7-3-1-4-8-13)14-9-5-2-6-10-14/h1-10,18,20H,11-12H2,(H,28,33,34)/t20-/m0/s1. The molecule has 0 spiro atoms. The molecule has 2 heterocycles. The van der Waals surface area contributed by atoms with Crippen molar-refractivity contribution >= 4 is 76.2 Å². The topological polar surface area (TPSA) is 119 Å². The van der Waals surface area contributed by atoms with Crippen LogP contribution in [0.25, 0.3) is 0 Å². The number of benzene rings is 2. The highest BCUT2D eigenvalue weighted by Gasteiger charge is 2.53. The summed E-state index contributed by atoms with van der Waals surface area (Å²) in [6.45, 7) is -0.498. The van der Waals surface area contributed by atoms with Crippen LogP contribution in [-0.2, 0) is 28.7 Å². The lowest BCUT2D eigenvalue weighted by Crippen LogP contribution is -2.62. The number of rotatable bonds is 6. The van der Waals surface area contributed by atoms with E-state index in [-0.39, 0.29) is 17.0 Å². The molecular weight excluding hydrogens is 567 g/mol. The number of carbonyl (C=O) groups excluding carboxylic acids is 5. The number of thioether (sulfide) groups is 1. The molecule has 0 aromatic heterocycles. The van der Waals surface area contributed by atoms with Gasteiger partial charge in [0.1, 0.15) is 12.3 Å². The van der Waals surface area contributed by atoms with Crippen molar-refractivity contribution in [2.75, 3.05) is 12.4 Å². The second kappa shape index (κ2) is 11.1. The second-order valence-electron chi connectivity index (χ2n) is 7.79. The van der Waals surface area contributed by atoms with Crippen LogP contribution in [0.4, 0.5) is 4.79 Å². The fraction of sp³-hybridized carbons (Fsp3) is 0.208. The molecule has 0 radical (unpaired) electrons. The summed E-state index contributed by atoms with van der Waals surface area (Å²) in [5.74, 6) is -3.57. The lowest BCUT2D eigenvalue weighted by atomic mass is 10.0. The smallest absolute Gasteiger partial charge is 0.414 e. The van der Waals surface area contributed by atoms with Gasteiger partial charge in [-0.2, -0.15) is 0 Å². The van der Waals surface area contributed by atoms with Crippen LogP contribution in [-0.4, -0.2) is 56.1 Å². The number of nitrogens with one attached hydrogen (secondary N) is 1. The Morgan fingerprint density at radius 2 is 1.57 bits per heavy atom. The molecule has 1 N–H and O–H groups in total. The SMILES string of the molecule is O=C(NC(=O)C(Cl)(Cl)Cl)OCC1=C(C(=O)OC(c2ccccc2)c2ccccc2)N2C(=O)C(=O)[C@@H]2SC1. The van der Waals surface area contributed by atoms with Gasteiger partial charge >= 0.3 is 12.1 Å². The molecule has 0 unspecified atom stereocenters. The summed E-state index contributed by atoms with van der Waals surface area (Å²) in [6.07, 6.45) is -2.06. The van der Waals surface area contributed by atoms with Crippen molar-refractivity contribution in [3.63, 3.8) is 0 Å². The number of β-lactam (4-membered cyclic amide) rings is 1. The number of imide groups is 1. The van der Waals surface area contributed by atoms with Crippen molar-refractivity contribution < 1.29 is 33.4 Å². The molecule has 1 atom stereocenters. The normalized spacial score (nSPS) is 17.2. The van der Waals surface area contributed by atoms with E-state index in [0.29, 0.717) is 11.1 Å². The Kier molecular flexibility index (Phi) is 8.13. The van der Waals surface area contributed by atoms with Crippen molar-refractivity contribution in [2.24, 2.45) is 0 Å². The molecule has 1 fully saturated rings. The van der Waals surface area contributed by atoms with Crippen molar-refractivity contribution in [2.45, 2.75) is 15.3 Å². The number of ketones is 1. The zero-order valence-electron chi connectivity index (χ0n) is 18.7. The first kappa shape index (κ1) is 27.0. The number of ether oxygens (including phenoxy) is 2. The van der Waals surface area contributed by atoms with Crippen molar-refractivity contribution in [3.05, 3.63) is 83.1 Å². The zero-order valence-corrected chi connectivity index (χ0v) is 21.8. The quantitative estimate of drug-likeness (QED) is 0.237. The maximum atomic E-state index is 13.5. The summed E-state index contributed by atoms with van der Waals surface area (Å²) < 4.78 is 8.50. The van der Waals surface area contributed by atoms with Crippen LogP contribution in [0.15, 0.2) is 71.9 Å². The number of nitrogens with zero attached hydrogens (tertiary/aromatic N) is 1. The lowest BCUT2D eigenvalue weighted by Gasteiger charge is -2.42. The highest BCUT2D eigenvalue weighted by atomic mass is 35.6. The lowest BCUT2D eigenvalue weighted by molar-refractivity contribution is -0.158. The molecule has 2 aromatic rings. The average molecular weight is 584 g/mol. The van der Waals surface area contributed by atoms with E-state index in [9.17, 15) is 24.0 Å². The second-order valence-corrected chi connectivity index (χ2v) is 11.1. The minimum absolute atomic E-state index is 0.0810. The number of halogens is 3.